The van der Waals surface area contributed by atoms with Crippen LogP contribution in [0.25, 0.3) is 10.9 Å². The highest BCUT2D eigenvalue weighted by atomic mass is 16.5. The average molecular weight is 363 g/mol. The molecule has 0 radical (unpaired) electrons. The van der Waals surface area contributed by atoms with Crippen molar-refractivity contribution < 1.29 is 9.15 Å². The third-order valence-electron chi connectivity index (χ3n) is 4.15. The summed E-state index contributed by atoms with van der Waals surface area (Å²) < 4.78 is 12.3. The van der Waals surface area contributed by atoms with Crippen molar-refractivity contribution in [3.63, 3.8) is 0 Å². The van der Waals surface area contributed by atoms with E-state index in [-0.39, 0.29) is 18.1 Å². The maximum absolute atomic E-state index is 12.7. The van der Waals surface area contributed by atoms with Gasteiger partial charge in [-0.3, -0.25) is 9.36 Å². The number of para-hydroxylation sites is 1. The Kier molecular flexibility index (Phi) is 4.29. The van der Waals surface area contributed by atoms with Crippen LogP contribution in [-0.4, -0.2) is 26.9 Å². The molecule has 8 heteroatoms. The molecule has 0 aliphatic rings. The molecule has 0 saturated carbocycles. The lowest BCUT2D eigenvalue weighted by molar-refractivity contribution is 0.415. The van der Waals surface area contributed by atoms with Crippen LogP contribution in [0.3, 0.4) is 0 Å². The van der Waals surface area contributed by atoms with Gasteiger partial charge in [-0.05, 0) is 43.3 Å². The van der Waals surface area contributed by atoms with Gasteiger partial charge in [0, 0.05) is 5.69 Å². The van der Waals surface area contributed by atoms with Crippen molar-refractivity contribution in [3.8, 4) is 5.75 Å². The van der Waals surface area contributed by atoms with E-state index in [1.165, 1.54) is 4.57 Å². The van der Waals surface area contributed by atoms with E-state index in [1.54, 1.807) is 20.1 Å². The number of nitrogens with zero attached hydrogens (tertiary/aromatic N) is 4. The van der Waals surface area contributed by atoms with Crippen LogP contribution in [0.2, 0.25) is 0 Å². The zero-order chi connectivity index (χ0) is 18.8. The molecule has 0 aliphatic carbocycles. The molecule has 1 N–H and O–H groups in total. The lowest BCUT2D eigenvalue weighted by Crippen LogP contribution is -2.24. The number of hydrogen-bond acceptors (Lipinski definition) is 7. The summed E-state index contributed by atoms with van der Waals surface area (Å²) in [5.74, 6) is 1.65. The number of hydrogen-bond donors (Lipinski definition) is 1. The number of fused-ring (bicyclic) bond motifs is 1. The van der Waals surface area contributed by atoms with Gasteiger partial charge in [0.25, 0.3) is 5.56 Å². The molecule has 2 heterocycles. The van der Waals surface area contributed by atoms with Crippen molar-refractivity contribution in [2.24, 2.45) is 0 Å². The fourth-order valence-corrected chi connectivity index (χ4v) is 2.77. The number of benzene rings is 2. The Hall–Kier alpha value is -3.68. The van der Waals surface area contributed by atoms with Gasteiger partial charge in [-0.1, -0.05) is 17.2 Å². The topological polar surface area (TPSA) is 95.1 Å². The summed E-state index contributed by atoms with van der Waals surface area (Å²) in [5.41, 5.74) is 1.32. The number of aryl methyl sites for hydroxylation is 1. The molecule has 0 fully saturated rings. The Labute approximate surface area is 154 Å². The van der Waals surface area contributed by atoms with Crippen LogP contribution in [0, 0.1) is 6.92 Å². The van der Waals surface area contributed by atoms with Gasteiger partial charge in [0.2, 0.25) is 5.89 Å². The molecule has 27 heavy (non-hydrogen) atoms. The van der Waals surface area contributed by atoms with Crippen molar-refractivity contribution in [3.05, 3.63) is 70.6 Å². The minimum absolute atomic E-state index is 0.138. The van der Waals surface area contributed by atoms with Crippen molar-refractivity contribution in [1.29, 1.82) is 0 Å². The second-order valence-electron chi connectivity index (χ2n) is 5.92. The lowest BCUT2D eigenvalue weighted by atomic mass is 10.2. The molecule has 0 amide bonds. The normalized spacial score (nSPS) is 10.9. The van der Waals surface area contributed by atoms with Gasteiger partial charge in [-0.25, -0.2) is 4.98 Å². The number of ether oxygens (including phenoxy) is 1. The second kappa shape index (κ2) is 6.91. The summed E-state index contributed by atoms with van der Waals surface area (Å²) >= 11 is 0. The fourth-order valence-electron chi connectivity index (χ4n) is 2.77. The molecule has 2 aromatic heterocycles. The van der Waals surface area contributed by atoms with Crippen molar-refractivity contribution in [2.45, 2.75) is 13.5 Å². The van der Waals surface area contributed by atoms with Crippen LogP contribution in [0.1, 0.15) is 11.7 Å². The summed E-state index contributed by atoms with van der Waals surface area (Å²) in [6.07, 6.45) is 0. The molecular formula is C19H17N5O3. The molecule has 0 atom stereocenters. The van der Waals surface area contributed by atoms with Gasteiger partial charge in [-0.15, -0.1) is 5.10 Å². The first-order chi connectivity index (χ1) is 13.1. The third kappa shape index (κ3) is 3.37. The van der Waals surface area contributed by atoms with Gasteiger partial charge >= 0.3 is 6.01 Å². The third-order valence-corrected chi connectivity index (χ3v) is 4.15. The Morgan fingerprint density at radius 2 is 1.89 bits per heavy atom. The van der Waals surface area contributed by atoms with Crippen molar-refractivity contribution in [1.82, 2.24) is 19.7 Å². The highest BCUT2D eigenvalue weighted by Gasteiger charge is 2.12. The van der Waals surface area contributed by atoms with Crippen LogP contribution in [0.15, 0.2) is 57.7 Å². The quantitative estimate of drug-likeness (QED) is 0.582. The summed E-state index contributed by atoms with van der Waals surface area (Å²) in [6, 6.07) is 14.8. The van der Waals surface area contributed by atoms with E-state index in [9.17, 15) is 4.79 Å². The van der Waals surface area contributed by atoms with Crippen molar-refractivity contribution >= 4 is 22.6 Å². The average Bonchev–Trinajstić information content (AvgIpc) is 3.13. The molecule has 4 aromatic rings. The lowest BCUT2D eigenvalue weighted by Gasteiger charge is -2.08. The van der Waals surface area contributed by atoms with E-state index in [1.807, 2.05) is 42.5 Å². The van der Waals surface area contributed by atoms with E-state index in [2.05, 4.69) is 20.5 Å². The minimum Gasteiger partial charge on any atom is -0.497 e. The first kappa shape index (κ1) is 16.8. The molecule has 4 rings (SSSR count). The fraction of sp³-hybridized carbons (Fsp3) is 0.158. The molecule has 0 saturated heterocycles. The first-order valence-electron chi connectivity index (χ1n) is 8.33. The Morgan fingerprint density at radius 3 is 2.67 bits per heavy atom. The van der Waals surface area contributed by atoms with Crippen LogP contribution in [-0.2, 0) is 6.54 Å². The second-order valence-corrected chi connectivity index (χ2v) is 5.92. The molecule has 0 bridgehead atoms. The summed E-state index contributed by atoms with van der Waals surface area (Å²) in [4.78, 5) is 17.2. The number of anilines is 2. The molecule has 2 aromatic carbocycles. The Bertz CT molecular complexity index is 1150. The van der Waals surface area contributed by atoms with Gasteiger partial charge in [0.05, 0.1) is 18.0 Å². The monoisotopic (exact) mass is 363 g/mol. The van der Waals surface area contributed by atoms with E-state index < -0.39 is 0 Å². The molecule has 8 nitrogen and oxygen atoms in total. The van der Waals surface area contributed by atoms with Gasteiger partial charge in [0.1, 0.15) is 18.1 Å². The smallest absolute Gasteiger partial charge is 0.320 e. The van der Waals surface area contributed by atoms with Gasteiger partial charge < -0.3 is 14.5 Å². The predicted molar refractivity (Wildman–Crippen MR) is 100 cm³/mol. The van der Waals surface area contributed by atoms with Gasteiger partial charge in [-0.2, -0.15) is 0 Å². The Morgan fingerprint density at radius 1 is 1.11 bits per heavy atom. The minimum atomic E-state index is -0.138. The first-order valence-corrected chi connectivity index (χ1v) is 8.33. The zero-order valence-corrected chi connectivity index (χ0v) is 14.8. The predicted octanol–water partition coefficient (Wildman–Crippen LogP) is 2.89. The molecule has 136 valence electrons. The van der Waals surface area contributed by atoms with E-state index in [4.69, 9.17) is 9.15 Å². The van der Waals surface area contributed by atoms with E-state index in [0.717, 1.165) is 11.4 Å². The number of nitrogens with one attached hydrogen (secondary N) is 1. The van der Waals surface area contributed by atoms with E-state index >= 15 is 0 Å². The van der Waals surface area contributed by atoms with Crippen LogP contribution in [0.4, 0.5) is 11.7 Å². The highest BCUT2D eigenvalue weighted by molar-refractivity contribution is 5.77. The summed E-state index contributed by atoms with van der Waals surface area (Å²) in [6.45, 7) is 1.93. The molecule has 0 unspecified atom stereocenters. The maximum Gasteiger partial charge on any atom is 0.320 e. The summed E-state index contributed by atoms with van der Waals surface area (Å²) in [5, 5.41) is 11.6. The van der Waals surface area contributed by atoms with E-state index in [0.29, 0.717) is 22.6 Å². The van der Waals surface area contributed by atoms with Crippen LogP contribution >= 0.6 is 0 Å². The zero-order valence-electron chi connectivity index (χ0n) is 14.8. The van der Waals surface area contributed by atoms with Crippen LogP contribution in [0.5, 0.6) is 5.75 Å². The highest BCUT2D eigenvalue weighted by Crippen LogP contribution is 2.19. The SMILES string of the molecule is COc1ccc(Nc2nnc(Cn3c(C)nc4ccccc4c3=O)o2)cc1. The molecular weight excluding hydrogens is 346 g/mol. The largest absolute Gasteiger partial charge is 0.497 e. The number of rotatable bonds is 5. The number of methoxy groups -OCH3 is 1. The molecule has 0 aliphatic heterocycles. The number of aromatic nitrogens is 4. The van der Waals surface area contributed by atoms with Crippen molar-refractivity contribution in [2.75, 3.05) is 12.4 Å². The standard InChI is InChI=1S/C19H17N5O3/c1-12-20-16-6-4-3-5-15(16)18(25)24(12)11-17-22-23-19(27-17)21-13-7-9-14(26-2)10-8-13/h3-10H,11H2,1-2H3,(H,21,23). The molecule has 0 spiro atoms. The van der Waals surface area contributed by atoms with Crippen LogP contribution < -0.4 is 15.6 Å². The Balaban J connectivity index is 1.57. The maximum atomic E-state index is 12.7. The van der Waals surface area contributed by atoms with Gasteiger partial charge in [0.15, 0.2) is 0 Å². The summed E-state index contributed by atoms with van der Waals surface area (Å²) in [7, 11) is 1.61.